The Morgan fingerprint density at radius 2 is 1.64 bits per heavy atom. The first-order valence-corrected chi connectivity index (χ1v) is 8.41. The second kappa shape index (κ2) is 8.87. The molecule has 1 atom stereocenters. The summed E-state index contributed by atoms with van der Waals surface area (Å²) in [5.74, 6) is 0. The highest BCUT2D eigenvalue weighted by atomic mass is 79.9. The predicted octanol–water partition coefficient (Wildman–Crippen LogP) is 4.92. The second-order valence-electron chi connectivity index (χ2n) is 5.16. The molecule has 1 aliphatic heterocycles. The van der Waals surface area contributed by atoms with E-state index in [4.69, 9.17) is 0 Å². The molecule has 22 heavy (non-hydrogen) atoms. The minimum atomic E-state index is -4.12. The van der Waals surface area contributed by atoms with Gasteiger partial charge in [-0.05, 0) is 30.2 Å². The van der Waals surface area contributed by atoms with Crippen LogP contribution >= 0.6 is 44.3 Å². The van der Waals surface area contributed by atoms with Crippen molar-refractivity contribution in [3.8, 4) is 0 Å². The molecule has 0 aromatic heterocycles. The van der Waals surface area contributed by atoms with E-state index in [0.29, 0.717) is 0 Å². The number of nitrogens with one attached hydrogen (secondary N) is 1. The Morgan fingerprint density at radius 1 is 1.09 bits per heavy atom. The summed E-state index contributed by atoms with van der Waals surface area (Å²) in [5, 5.41) is 3.23. The Hall–Kier alpha value is 0.180. The van der Waals surface area contributed by atoms with Gasteiger partial charge in [0, 0.05) is 47.6 Å². The van der Waals surface area contributed by atoms with Crippen LogP contribution in [-0.4, -0.2) is 37.3 Å². The third-order valence-corrected chi connectivity index (χ3v) is 4.48. The van der Waals surface area contributed by atoms with Gasteiger partial charge in [-0.3, -0.25) is 4.90 Å². The molecular weight excluding hydrogens is 448 g/mol. The molecule has 0 saturated carbocycles. The van der Waals surface area contributed by atoms with Crippen LogP contribution in [0.1, 0.15) is 24.4 Å². The van der Waals surface area contributed by atoms with Gasteiger partial charge in [0.25, 0.3) is 0 Å². The molecular formula is C14H18Br2ClF3N2. The van der Waals surface area contributed by atoms with E-state index in [1.54, 1.807) is 0 Å². The first-order chi connectivity index (χ1) is 9.85. The molecule has 0 bridgehead atoms. The van der Waals surface area contributed by atoms with Crippen molar-refractivity contribution >= 4 is 44.3 Å². The van der Waals surface area contributed by atoms with E-state index in [2.05, 4.69) is 42.1 Å². The highest BCUT2D eigenvalue weighted by molar-refractivity contribution is 9.11. The third kappa shape index (κ3) is 6.35. The Kier molecular flexibility index (Phi) is 8.16. The van der Waals surface area contributed by atoms with Gasteiger partial charge in [0.15, 0.2) is 0 Å². The lowest BCUT2D eigenvalue weighted by molar-refractivity contribution is -0.138. The number of piperazine rings is 1. The van der Waals surface area contributed by atoms with Crippen LogP contribution in [0.3, 0.4) is 0 Å². The summed E-state index contributed by atoms with van der Waals surface area (Å²) in [6, 6.07) is 5.51. The van der Waals surface area contributed by atoms with Crippen molar-refractivity contribution in [3.05, 3.63) is 32.7 Å². The molecule has 1 fully saturated rings. The number of rotatable bonds is 4. The van der Waals surface area contributed by atoms with E-state index in [1.165, 1.54) is 0 Å². The van der Waals surface area contributed by atoms with Gasteiger partial charge < -0.3 is 5.32 Å². The number of benzene rings is 1. The number of halogens is 6. The van der Waals surface area contributed by atoms with Crippen LogP contribution < -0.4 is 5.32 Å². The molecule has 8 heteroatoms. The van der Waals surface area contributed by atoms with Crippen molar-refractivity contribution in [3.63, 3.8) is 0 Å². The fraction of sp³-hybridized carbons (Fsp3) is 0.571. The lowest BCUT2D eigenvalue weighted by Crippen LogP contribution is -2.45. The Bertz CT molecular complexity index is 459. The van der Waals surface area contributed by atoms with Gasteiger partial charge in [-0.15, -0.1) is 12.4 Å². The van der Waals surface area contributed by atoms with Crippen LogP contribution in [0.4, 0.5) is 13.2 Å². The van der Waals surface area contributed by atoms with Crippen molar-refractivity contribution in [1.29, 1.82) is 0 Å². The minimum absolute atomic E-state index is 0. The standard InChI is InChI=1S/C14H17Br2F3N2.ClH/c15-11-7-10(8-12(16)9-11)13(1-2-14(17,18)19)21-5-3-20-4-6-21;/h7-9,13,20H,1-6H2;1H/t13-;/m1./s1. The topological polar surface area (TPSA) is 15.3 Å². The largest absolute Gasteiger partial charge is 0.389 e. The molecule has 2 rings (SSSR count). The lowest BCUT2D eigenvalue weighted by Gasteiger charge is -2.35. The summed E-state index contributed by atoms with van der Waals surface area (Å²) in [7, 11) is 0. The maximum Gasteiger partial charge on any atom is 0.389 e. The third-order valence-electron chi connectivity index (χ3n) is 3.56. The molecule has 0 spiro atoms. The highest BCUT2D eigenvalue weighted by Gasteiger charge is 2.31. The van der Waals surface area contributed by atoms with E-state index in [1.807, 2.05) is 18.2 Å². The van der Waals surface area contributed by atoms with Crippen molar-refractivity contribution in [2.24, 2.45) is 0 Å². The predicted molar refractivity (Wildman–Crippen MR) is 91.6 cm³/mol. The van der Waals surface area contributed by atoms with Crippen molar-refractivity contribution in [2.75, 3.05) is 26.2 Å². The number of nitrogens with zero attached hydrogens (tertiary/aromatic N) is 1. The molecule has 0 aliphatic carbocycles. The summed E-state index contributed by atoms with van der Waals surface area (Å²) < 4.78 is 39.6. The summed E-state index contributed by atoms with van der Waals surface area (Å²) >= 11 is 6.83. The molecule has 1 N–H and O–H groups in total. The van der Waals surface area contributed by atoms with Crippen LogP contribution in [0.5, 0.6) is 0 Å². The molecule has 0 amide bonds. The van der Waals surface area contributed by atoms with Crippen LogP contribution in [0.25, 0.3) is 0 Å². The van der Waals surface area contributed by atoms with Gasteiger partial charge in [0.1, 0.15) is 0 Å². The normalized spacial score (nSPS) is 17.9. The summed E-state index contributed by atoms with van der Waals surface area (Å²) in [4.78, 5) is 2.14. The fourth-order valence-corrected chi connectivity index (χ4v) is 3.95. The maximum atomic E-state index is 12.6. The number of alkyl halides is 3. The molecule has 1 heterocycles. The summed E-state index contributed by atoms with van der Waals surface area (Å²) in [6.45, 7) is 3.18. The van der Waals surface area contributed by atoms with Crippen molar-refractivity contribution in [1.82, 2.24) is 10.2 Å². The molecule has 126 valence electrons. The van der Waals surface area contributed by atoms with E-state index in [-0.39, 0.29) is 24.9 Å². The Balaban J connectivity index is 0.00000242. The SMILES string of the molecule is Cl.FC(F)(F)CC[C@H](c1cc(Br)cc(Br)c1)N1CCNCC1. The van der Waals surface area contributed by atoms with E-state index >= 15 is 0 Å². The molecule has 0 unspecified atom stereocenters. The fourth-order valence-electron chi connectivity index (χ4n) is 2.62. The van der Waals surface area contributed by atoms with Crippen LogP contribution in [0, 0.1) is 0 Å². The smallest absolute Gasteiger partial charge is 0.314 e. The van der Waals surface area contributed by atoms with Crippen molar-refractivity contribution in [2.45, 2.75) is 25.1 Å². The van der Waals surface area contributed by atoms with Gasteiger partial charge in [-0.25, -0.2) is 0 Å². The average Bonchev–Trinajstić information content (AvgIpc) is 2.37. The molecule has 0 radical (unpaired) electrons. The van der Waals surface area contributed by atoms with Crippen LogP contribution in [0.15, 0.2) is 27.1 Å². The monoisotopic (exact) mass is 464 g/mol. The Labute approximate surface area is 151 Å². The molecule has 1 aromatic carbocycles. The first kappa shape index (κ1) is 20.2. The zero-order chi connectivity index (χ0) is 15.5. The molecule has 1 aliphatic rings. The van der Waals surface area contributed by atoms with Crippen molar-refractivity contribution < 1.29 is 13.2 Å². The van der Waals surface area contributed by atoms with E-state index in [9.17, 15) is 13.2 Å². The van der Waals surface area contributed by atoms with Gasteiger partial charge in [0.05, 0.1) is 0 Å². The summed E-state index contributed by atoms with van der Waals surface area (Å²) in [5.41, 5.74) is 0.919. The number of hydrogen-bond donors (Lipinski definition) is 1. The van der Waals surface area contributed by atoms with Crippen LogP contribution in [-0.2, 0) is 0 Å². The lowest BCUT2D eigenvalue weighted by atomic mass is 9.99. The van der Waals surface area contributed by atoms with Gasteiger partial charge in [-0.2, -0.15) is 13.2 Å². The zero-order valence-corrected chi connectivity index (χ0v) is 15.8. The van der Waals surface area contributed by atoms with Crippen LogP contribution in [0.2, 0.25) is 0 Å². The number of hydrogen-bond acceptors (Lipinski definition) is 2. The maximum absolute atomic E-state index is 12.6. The van der Waals surface area contributed by atoms with E-state index in [0.717, 1.165) is 40.7 Å². The molecule has 1 saturated heterocycles. The first-order valence-electron chi connectivity index (χ1n) is 6.83. The Morgan fingerprint density at radius 3 is 2.14 bits per heavy atom. The average molecular weight is 467 g/mol. The minimum Gasteiger partial charge on any atom is -0.314 e. The zero-order valence-electron chi connectivity index (χ0n) is 11.8. The summed E-state index contributed by atoms with van der Waals surface area (Å²) in [6.07, 6.45) is -4.78. The van der Waals surface area contributed by atoms with Gasteiger partial charge in [0.2, 0.25) is 0 Å². The van der Waals surface area contributed by atoms with E-state index < -0.39 is 12.6 Å². The van der Waals surface area contributed by atoms with Gasteiger partial charge >= 0.3 is 6.18 Å². The molecule has 1 aromatic rings. The van der Waals surface area contributed by atoms with Gasteiger partial charge in [-0.1, -0.05) is 31.9 Å². The second-order valence-corrected chi connectivity index (χ2v) is 6.99. The highest BCUT2D eigenvalue weighted by Crippen LogP contribution is 2.34. The molecule has 2 nitrogen and oxygen atoms in total. The quantitative estimate of drug-likeness (QED) is 0.678.